The van der Waals surface area contributed by atoms with Crippen molar-refractivity contribution in [3.8, 4) is 0 Å². The molecule has 0 saturated heterocycles. The van der Waals surface area contributed by atoms with E-state index in [1.807, 2.05) is 0 Å². The number of benzene rings is 1. The second-order valence-electron chi connectivity index (χ2n) is 4.61. The molecule has 4 atom stereocenters. The van der Waals surface area contributed by atoms with Crippen molar-refractivity contribution in [1.82, 2.24) is 0 Å². The van der Waals surface area contributed by atoms with Gasteiger partial charge in [-0.1, -0.05) is 6.92 Å². The lowest BCUT2D eigenvalue weighted by atomic mass is 9.94. The van der Waals surface area contributed by atoms with E-state index < -0.39 is 23.5 Å². The Kier molecular flexibility index (Phi) is 1.71. The Morgan fingerprint density at radius 1 is 1.25 bits per heavy atom. The molecule has 1 N–H and O–H groups in total. The number of rotatable bonds is 1. The molecule has 0 bridgehead atoms. The van der Waals surface area contributed by atoms with E-state index in [1.54, 1.807) is 6.92 Å². The Balaban J connectivity index is 2.15. The lowest BCUT2D eigenvalue weighted by molar-refractivity contribution is -0.139. The van der Waals surface area contributed by atoms with Crippen LogP contribution in [0.2, 0.25) is 0 Å². The standard InChI is InChI=1S/C12H10F2O2/c1-4-7-5(13)2-3-6(14)9(7)10-8(4)11(10)12(15)16/h2-4,8,10-11H,1H3,(H,15,16)/t4?,8-,10-,11?/m0/s1. The van der Waals surface area contributed by atoms with Gasteiger partial charge in [-0.05, 0) is 35.1 Å². The third-order valence-electron chi connectivity index (χ3n) is 3.91. The molecule has 0 aliphatic heterocycles. The fraction of sp³-hybridized carbons (Fsp3) is 0.417. The van der Waals surface area contributed by atoms with Crippen molar-refractivity contribution in [1.29, 1.82) is 0 Å². The number of carboxylic acids is 1. The first-order chi connectivity index (χ1) is 7.54. The van der Waals surface area contributed by atoms with Crippen molar-refractivity contribution < 1.29 is 18.7 Å². The first-order valence-electron chi connectivity index (χ1n) is 5.24. The van der Waals surface area contributed by atoms with Crippen LogP contribution in [0.15, 0.2) is 12.1 Å². The zero-order valence-corrected chi connectivity index (χ0v) is 8.58. The third kappa shape index (κ3) is 0.970. The minimum atomic E-state index is -0.906. The Hall–Kier alpha value is -1.45. The van der Waals surface area contributed by atoms with Crippen LogP contribution in [-0.2, 0) is 4.79 Å². The first kappa shape index (κ1) is 9.75. The van der Waals surface area contributed by atoms with E-state index in [-0.39, 0.29) is 17.8 Å². The summed E-state index contributed by atoms with van der Waals surface area (Å²) in [5.74, 6) is -2.97. The van der Waals surface area contributed by atoms with Gasteiger partial charge in [-0.25, -0.2) is 8.78 Å². The minimum absolute atomic E-state index is 0.126. The van der Waals surface area contributed by atoms with Gasteiger partial charge in [0.2, 0.25) is 0 Å². The largest absolute Gasteiger partial charge is 0.481 e. The quantitative estimate of drug-likeness (QED) is 0.795. The third-order valence-corrected chi connectivity index (χ3v) is 3.91. The van der Waals surface area contributed by atoms with Gasteiger partial charge in [-0.15, -0.1) is 0 Å². The smallest absolute Gasteiger partial charge is 0.307 e. The summed E-state index contributed by atoms with van der Waals surface area (Å²) in [6.45, 7) is 1.77. The minimum Gasteiger partial charge on any atom is -0.481 e. The summed E-state index contributed by atoms with van der Waals surface area (Å²) in [6.07, 6.45) is 0. The van der Waals surface area contributed by atoms with Gasteiger partial charge in [0.05, 0.1) is 5.92 Å². The molecule has 84 valence electrons. The van der Waals surface area contributed by atoms with Crippen molar-refractivity contribution in [2.24, 2.45) is 11.8 Å². The molecule has 0 amide bonds. The van der Waals surface area contributed by atoms with Crippen molar-refractivity contribution in [2.45, 2.75) is 18.8 Å². The molecule has 4 heteroatoms. The van der Waals surface area contributed by atoms with Gasteiger partial charge in [0.25, 0.3) is 0 Å². The van der Waals surface area contributed by atoms with Gasteiger partial charge < -0.3 is 5.11 Å². The second kappa shape index (κ2) is 2.81. The molecule has 0 spiro atoms. The van der Waals surface area contributed by atoms with E-state index >= 15 is 0 Å². The number of aliphatic carboxylic acids is 1. The molecule has 1 aromatic carbocycles. The molecular formula is C12H10F2O2. The Labute approximate surface area is 90.9 Å². The van der Waals surface area contributed by atoms with E-state index in [0.717, 1.165) is 12.1 Å². The van der Waals surface area contributed by atoms with Crippen LogP contribution in [0.1, 0.15) is 29.9 Å². The highest BCUT2D eigenvalue weighted by Gasteiger charge is 2.64. The van der Waals surface area contributed by atoms with Gasteiger partial charge in [0.1, 0.15) is 11.6 Å². The molecule has 1 aromatic rings. The lowest BCUT2D eigenvalue weighted by Crippen LogP contribution is -2.10. The lowest BCUT2D eigenvalue weighted by Gasteiger charge is -2.12. The van der Waals surface area contributed by atoms with Crippen LogP contribution in [0, 0.1) is 23.5 Å². The second-order valence-corrected chi connectivity index (χ2v) is 4.61. The summed E-state index contributed by atoms with van der Waals surface area (Å²) in [7, 11) is 0. The first-order valence-corrected chi connectivity index (χ1v) is 5.24. The summed E-state index contributed by atoms with van der Waals surface area (Å²) in [4.78, 5) is 10.9. The molecule has 16 heavy (non-hydrogen) atoms. The van der Waals surface area contributed by atoms with Gasteiger partial charge in [0.15, 0.2) is 0 Å². The molecule has 1 fully saturated rings. The van der Waals surface area contributed by atoms with Crippen LogP contribution in [-0.4, -0.2) is 11.1 Å². The molecule has 2 nitrogen and oxygen atoms in total. The summed E-state index contributed by atoms with van der Waals surface area (Å²) < 4.78 is 27.1. The van der Waals surface area contributed by atoms with Gasteiger partial charge in [0, 0.05) is 5.92 Å². The van der Waals surface area contributed by atoms with Gasteiger partial charge >= 0.3 is 5.97 Å². The van der Waals surface area contributed by atoms with Crippen LogP contribution >= 0.6 is 0 Å². The number of halogens is 2. The Bertz CT molecular complexity index is 498. The van der Waals surface area contributed by atoms with E-state index in [2.05, 4.69) is 0 Å². The van der Waals surface area contributed by atoms with Crippen LogP contribution in [0.3, 0.4) is 0 Å². The molecule has 3 rings (SSSR count). The van der Waals surface area contributed by atoms with E-state index in [4.69, 9.17) is 5.11 Å². The number of hydrogen-bond acceptors (Lipinski definition) is 1. The number of hydrogen-bond donors (Lipinski definition) is 1. The molecule has 2 unspecified atom stereocenters. The maximum absolute atomic E-state index is 13.6. The van der Waals surface area contributed by atoms with Crippen molar-refractivity contribution in [3.05, 3.63) is 34.9 Å². The average Bonchev–Trinajstić information content (AvgIpc) is 2.88. The predicted octanol–water partition coefficient (Wildman–Crippen LogP) is 2.50. The molecule has 0 heterocycles. The highest BCUT2D eigenvalue weighted by atomic mass is 19.1. The molecule has 0 aromatic heterocycles. The van der Waals surface area contributed by atoms with Crippen LogP contribution in [0.4, 0.5) is 8.78 Å². The number of carboxylic acid groups (broad SMARTS) is 1. The summed E-state index contributed by atoms with van der Waals surface area (Å²) >= 11 is 0. The molecule has 2 aliphatic rings. The maximum atomic E-state index is 13.6. The highest BCUT2D eigenvalue weighted by molar-refractivity contribution is 5.78. The number of carbonyl (C=O) groups is 1. The normalized spacial score (nSPS) is 34.4. The zero-order chi connectivity index (χ0) is 11.6. The summed E-state index contributed by atoms with van der Waals surface area (Å²) in [6, 6.07) is 2.20. The van der Waals surface area contributed by atoms with Crippen LogP contribution in [0.5, 0.6) is 0 Å². The van der Waals surface area contributed by atoms with E-state index in [9.17, 15) is 13.6 Å². The topological polar surface area (TPSA) is 37.3 Å². The van der Waals surface area contributed by atoms with Crippen molar-refractivity contribution in [3.63, 3.8) is 0 Å². The Morgan fingerprint density at radius 2 is 1.81 bits per heavy atom. The van der Waals surface area contributed by atoms with Crippen LogP contribution in [0.25, 0.3) is 0 Å². The van der Waals surface area contributed by atoms with Crippen molar-refractivity contribution >= 4 is 5.97 Å². The molecule has 0 radical (unpaired) electrons. The predicted molar refractivity (Wildman–Crippen MR) is 52.1 cm³/mol. The monoisotopic (exact) mass is 224 g/mol. The SMILES string of the molecule is CC1c2c(F)ccc(F)c2[C@H]2C(C(=O)O)[C@@H]12. The average molecular weight is 224 g/mol. The fourth-order valence-corrected chi connectivity index (χ4v) is 3.22. The highest BCUT2D eigenvalue weighted by Crippen LogP contribution is 2.67. The Morgan fingerprint density at radius 3 is 2.38 bits per heavy atom. The van der Waals surface area contributed by atoms with E-state index in [1.165, 1.54) is 0 Å². The molecular weight excluding hydrogens is 214 g/mol. The van der Waals surface area contributed by atoms with E-state index in [0.29, 0.717) is 11.1 Å². The number of fused-ring (bicyclic) bond motifs is 3. The van der Waals surface area contributed by atoms with Gasteiger partial charge in [-0.3, -0.25) is 4.79 Å². The fourth-order valence-electron chi connectivity index (χ4n) is 3.22. The molecule has 1 saturated carbocycles. The van der Waals surface area contributed by atoms with Crippen molar-refractivity contribution in [2.75, 3.05) is 0 Å². The zero-order valence-electron chi connectivity index (χ0n) is 8.58. The van der Waals surface area contributed by atoms with Gasteiger partial charge in [-0.2, -0.15) is 0 Å². The summed E-state index contributed by atoms with van der Waals surface area (Å²) in [5.41, 5.74) is 0.678. The molecule has 2 aliphatic carbocycles. The summed E-state index contributed by atoms with van der Waals surface area (Å²) in [5, 5.41) is 8.95. The van der Waals surface area contributed by atoms with Crippen LogP contribution < -0.4 is 0 Å². The maximum Gasteiger partial charge on any atom is 0.307 e.